The van der Waals surface area contributed by atoms with Crippen LogP contribution in [-0.2, 0) is 13.0 Å². The van der Waals surface area contributed by atoms with E-state index in [1.54, 1.807) is 0 Å². The van der Waals surface area contributed by atoms with Crippen molar-refractivity contribution in [3.05, 3.63) is 58.6 Å². The van der Waals surface area contributed by atoms with Crippen LogP contribution in [0.4, 0.5) is 11.4 Å². The molecule has 0 spiro atoms. The van der Waals surface area contributed by atoms with E-state index in [9.17, 15) is 0 Å². The molecular formula is C17H19ClN2. The lowest BCUT2D eigenvalue weighted by Gasteiger charge is -2.32. The minimum absolute atomic E-state index is 0.828. The lowest BCUT2D eigenvalue weighted by molar-refractivity contribution is 0.766. The second-order valence-corrected chi connectivity index (χ2v) is 5.61. The number of fused-ring (bicyclic) bond motifs is 1. The minimum Gasteiger partial charge on any atom is -0.340 e. The van der Waals surface area contributed by atoms with E-state index in [4.69, 9.17) is 11.6 Å². The standard InChI is InChI=1S/C17H19ClN2/c1-19-12-13-8-9-17(15(18)11-13)20-10-4-6-14-5-2-3-7-16(14)20/h2-3,5,7-9,11,19H,4,6,10,12H2,1H3. The fourth-order valence-electron chi connectivity index (χ4n) is 2.87. The smallest absolute Gasteiger partial charge is 0.0646 e. The molecule has 1 aliphatic rings. The zero-order valence-electron chi connectivity index (χ0n) is 11.7. The summed E-state index contributed by atoms with van der Waals surface area (Å²) in [5.74, 6) is 0. The molecule has 0 bridgehead atoms. The van der Waals surface area contributed by atoms with Crippen molar-refractivity contribution in [2.24, 2.45) is 0 Å². The van der Waals surface area contributed by atoms with Crippen LogP contribution in [0, 0.1) is 0 Å². The monoisotopic (exact) mass is 286 g/mol. The maximum Gasteiger partial charge on any atom is 0.0646 e. The highest BCUT2D eigenvalue weighted by Gasteiger charge is 2.19. The van der Waals surface area contributed by atoms with Crippen LogP contribution in [0.5, 0.6) is 0 Å². The zero-order chi connectivity index (χ0) is 13.9. The molecule has 2 aromatic carbocycles. The Hall–Kier alpha value is -1.51. The van der Waals surface area contributed by atoms with E-state index < -0.39 is 0 Å². The molecule has 3 heteroatoms. The summed E-state index contributed by atoms with van der Waals surface area (Å²) < 4.78 is 0. The second-order valence-electron chi connectivity index (χ2n) is 5.20. The van der Waals surface area contributed by atoms with Gasteiger partial charge in [0, 0.05) is 18.8 Å². The molecule has 0 atom stereocenters. The normalized spacial score (nSPS) is 14.2. The number of rotatable bonds is 3. The summed E-state index contributed by atoms with van der Waals surface area (Å²) in [6.07, 6.45) is 2.33. The fraction of sp³-hybridized carbons (Fsp3) is 0.294. The molecule has 0 unspecified atom stereocenters. The number of aryl methyl sites for hydroxylation is 1. The SMILES string of the molecule is CNCc1ccc(N2CCCc3ccccc32)c(Cl)c1. The van der Waals surface area contributed by atoms with Crippen molar-refractivity contribution in [1.82, 2.24) is 5.32 Å². The fourth-order valence-corrected chi connectivity index (χ4v) is 3.17. The van der Waals surface area contributed by atoms with Gasteiger partial charge in [-0.05, 0) is 49.2 Å². The van der Waals surface area contributed by atoms with Crippen LogP contribution in [-0.4, -0.2) is 13.6 Å². The second kappa shape index (κ2) is 5.86. The molecule has 1 aliphatic heterocycles. The van der Waals surface area contributed by atoms with Crippen LogP contribution in [0.15, 0.2) is 42.5 Å². The number of halogens is 1. The van der Waals surface area contributed by atoms with Gasteiger partial charge in [0.25, 0.3) is 0 Å². The molecule has 2 nitrogen and oxygen atoms in total. The third kappa shape index (κ3) is 2.54. The molecule has 2 aromatic rings. The number of nitrogens with zero attached hydrogens (tertiary/aromatic N) is 1. The summed E-state index contributed by atoms with van der Waals surface area (Å²) in [5, 5.41) is 3.98. The van der Waals surface area contributed by atoms with Gasteiger partial charge in [0.15, 0.2) is 0 Å². The molecule has 0 saturated heterocycles. The summed E-state index contributed by atoms with van der Waals surface area (Å²) in [5.41, 5.74) is 5.03. The van der Waals surface area contributed by atoms with Gasteiger partial charge in [0.2, 0.25) is 0 Å². The summed E-state index contributed by atoms with van der Waals surface area (Å²) in [7, 11) is 1.95. The van der Waals surface area contributed by atoms with E-state index in [0.29, 0.717) is 0 Å². The third-order valence-electron chi connectivity index (χ3n) is 3.79. The highest BCUT2D eigenvalue weighted by Crippen LogP contribution is 2.37. The summed E-state index contributed by atoms with van der Waals surface area (Å²) in [4.78, 5) is 2.34. The van der Waals surface area contributed by atoms with E-state index in [0.717, 1.165) is 30.2 Å². The Balaban J connectivity index is 1.98. The van der Waals surface area contributed by atoms with Crippen LogP contribution < -0.4 is 10.2 Å². The molecular weight excluding hydrogens is 268 g/mol. The molecule has 0 fully saturated rings. The molecule has 0 saturated carbocycles. The Morgan fingerprint density at radius 2 is 2.00 bits per heavy atom. The van der Waals surface area contributed by atoms with Gasteiger partial charge in [-0.1, -0.05) is 35.9 Å². The topological polar surface area (TPSA) is 15.3 Å². The van der Waals surface area contributed by atoms with Crippen LogP contribution in [0.3, 0.4) is 0 Å². The lowest BCUT2D eigenvalue weighted by atomic mass is 10.0. The van der Waals surface area contributed by atoms with Gasteiger partial charge >= 0.3 is 0 Å². The van der Waals surface area contributed by atoms with Gasteiger partial charge in [-0.2, -0.15) is 0 Å². The molecule has 0 radical (unpaired) electrons. The van der Waals surface area contributed by atoms with E-state index in [2.05, 4.69) is 52.7 Å². The van der Waals surface area contributed by atoms with E-state index in [1.165, 1.54) is 23.2 Å². The zero-order valence-corrected chi connectivity index (χ0v) is 12.5. The van der Waals surface area contributed by atoms with E-state index in [1.807, 2.05) is 7.05 Å². The first kappa shape index (κ1) is 13.5. The van der Waals surface area contributed by atoms with Crippen LogP contribution in [0.1, 0.15) is 17.5 Å². The van der Waals surface area contributed by atoms with E-state index in [-0.39, 0.29) is 0 Å². The Kier molecular flexibility index (Phi) is 3.95. The molecule has 104 valence electrons. The third-order valence-corrected chi connectivity index (χ3v) is 4.10. The Morgan fingerprint density at radius 3 is 2.80 bits per heavy atom. The highest BCUT2D eigenvalue weighted by molar-refractivity contribution is 6.33. The maximum absolute atomic E-state index is 6.50. The molecule has 3 rings (SSSR count). The van der Waals surface area contributed by atoms with Crippen molar-refractivity contribution in [2.45, 2.75) is 19.4 Å². The predicted molar refractivity (Wildman–Crippen MR) is 86.0 cm³/mol. The van der Waals surface area contributed by atoms with Crippen LogP contribution in [0.25, 0.3) is 0 Å². The average molecular weight is 287 g/mol. The van der Waals surface area contributed by atoms with Crippen molar-refractivity contribution in [1.29, 1.82) is 0 Å². The van der Waals surface area contributed by atoms with Gasteiger partial charge in [-0.25, -0.2) is 0 Å². The van der Waals surface area contributed by atoms with Gasteiger partial charge in [0.05, 0.1) is 10.7 Å². The van der Waals surface area contributed by atoms with Gasteiger partial charge in [0.1, 0.15) is 0 Å². The number of nitrogens with one attached hydrogen (secondary N) is 1. The van der Waals surface area contributed by atoms with Crippen molar-refractivity contribution >= 4 is 23.0 Å². The van der Waals surface area contributed by atoms with Crippen molar-refractivity contribution in [3.8, 4) is 0 Å². The predicted octanol–water partition coefficient (Wildman–Crippen LogP) is 4.14. The molecule has 0 aliphatic carbocycles. The first-order chi connectivity index (χ1) is 9.79. The number of hydrogen-bond donors (Lipinski definition) is 1. The number of hydrogen-bond acceptors (Lipinski definition) is 2. The quantitative estimate of drug-likeness (QED) is 0.912. The van der Waals surface area contributed by atoms with Gasteiger partial charge < -0.3 is 10.2 Å². The largest absolute Gasteiger partial charge is 0.340 e. The summed E-state index contributed by atoms with van der Waals surface area (Å²) in [6, 6.07) is 15.0. The molecule has 0 amide bonds. The van der Waals surface area contributed by atoms with Crippen LogP contribution in [0.2, 0.25) is 5.02 Å². The Labute approximate surface area is 125 Å². The van der Waals surface area contributed by atoms with Gasteiger partial charge in [-0.15, -0.1) is 0 Å². The maximum atomic E-state index is 6.50. The average Bonchev–Trinajstić information content (AvgIpc) is 2.47. The lowest BCUT2D eigenvalue weighted by Crippen LogP contribution is -2.24. The van der Waals surface area contributed by atoms with Crippen molar-refractivity contribution in [3.63, 3.8) is 0 Å². The number of para-hydroxylation sites is 1. The van der Waals surface area contributed by atoms with Crippen molar-refractivity contribution < 1.29 is 0 Å². The van der Waals surface area contributed by atoms with Crippen LogP contribution >= 0.6 is 11.6 Å². The van der Waals surface area contributed by atoms with Crippen molar-refractivity contribution in [2.75, 3.05) is 18.5 Å². The Morgan fingerprint density at radius 1 is 1.15 bits per heavy atom. The molecule has 1 heterocycles. The van der Waals surface area contributed by atoms with E-state index >= 15 is 0 Å². The number of benzene rings is 2. The molecule has 1 N–H and O–H groups in total. The van der Waals surface area contributed by atoms with Gasteiger partial charge in [-0.3, -0.25) is 0 Å². The minimum atomic E-state index is 0.828. The first-order valence-electron chi connectivity index (χ1n) is 7.08. The molecule has 0 aromatic heterocycles. The molecule has 20 heavy (non-hydrogen) atoms. The summed E-state index contributed by atoms with van der Waals surface area (Å²) in [6.45, 7) is 1.87. The number of anilines is 2. The Bertz CT molecular complexity index is 610. The highest BCUT2D eigenvalue weighted by atomic mass is 35.5. The first-order valence-corrected chi connectivity index (χ1v) is 7.46. The summed E-state index contributed by atoms with van der Waals surface area (Å²) >= 11 is 6.50.